The van der Waals surface area contributed by atoms with Crippen LogP contribution >= 0.6 is 11.6 Å². The zero-order valence-electron chi connectivity index (χ0n) is 18.6. The molecule has 0 aliphatic carbocycles. The molecule has 8 heteroatoms. The van der Waals surface area contributed by atoms with Crippen molar-refractivity contribution in [1.29, 1.82) is 0 Å². The highest BCUT2D eigenvalue weighted by atomic mass is 35.5. The van der Waals surface area contributed by atoms with Crippen LogP contribution < -0.4 is 9.80 Å². The lowest BCUT2D eigenvalue weighted by Gasteiger charge is -2.25. The van der Waals surface area contributed by atoms with Crippen LogP contribution in [0.25, 0.3) is 0 Å². The highest BCUT2D eigenvalue weighted by molar-refractivity contribution is 6.31. The summed E-state index contributed by atoms with van der Waals surface area (Å²) in [7, 11) is 3.23. The van der Waals surface area contributed by atoms with Crippen molar-refractivity contribution < 1.29 is 14.3 Å². The lowest BCUT2D eigenvalue weighted by atomic mass is 10.1. The van der Waals surface area contributed by atoms with Gasteiger partial charge < -0.3 is 14.2 Å². The summed E-state index contributed by atoms with van der Waals surface area (Å²) in [6, 6.07) is 22.0. The van der Waals surface area contributed by atoms with Crippen LogP contribution in [0.3, 0.4) is 0 Å². The van der Waals surface area contributed by atoms with Crippen molar-refractivity contribution in [3.8, 4) is 0 Å². The van der Waals surface area contributed by atoms with Crippen LogP contribution in [0, 0.1) is 0 Å². The molecule has 3 aromatic carbocycles. The van der Waals surface area contributed by atoms with Gasteiger partial charge >= 0.3 is 5.97 Å². The number of rotatable bonds is 4. The van der Waals surface area contributed by atoms with E-state index in [9.17, 15) is 9.59 Å². The third-order valence-electron chi connectivity index (χ3n) is 5.82. The van der Waals surface area contributed by atoms with Gasteiger partial charge in [0, 0.05) is 24.3 Å². The van der Waals surface area contributed by atoms with Crippen molar-refractivity contribution >= 4 is 46.4 Å². The van der Waals surface area contributed by atoms with E-state index in [2.05, 4.69) is 4.98 Å². The van der Waals surface area contributed by atoms with Crippen LogP contribution in [-0.2, 0) is 11.3 Å². The maximum atomic E-state index is 14.0. The summed E-state index contributed by atoms with van der Waals surface area (Å²) >= 11 is 6.34. The molecule has 5 rings (SSSR count). The van der Waals surface area contributed by atoms with Gasteiger partial charge in [0.05, 0.1) is 30.4 Å². The molecule has 1 aliphatic heterocycles. The van der Waals surface area contributed by atoms with E-state index in [0.717, 1.165) is 16.9 Å². The number of hydrogen-bond acceptors (Lipinski definition) is 5. The molecule has 0 fully saturated rings. The van der Waals surface area contributed by atoms with Gasteiger partial charge in [-0.1, -0.05) is 41.9 Å². The molecule has 0 atom stereocenters. The molecule has 1 aromatic heterocycles. The predicted molar refractivity (Wildman–Crippen MR) is 132 cm³/mol. The Hall–Kier alpha value is -4.10. The average molecular weight is 473 g/mol. The van der Waals surface area contributed by atoms with Crippen LogP contribution in [0.5, 0.6) is 0 Å². The van der Waals surface area contributed by atoms with E-state index < -0.39 is 5.97 Å². The van der Waals surface area contributed by atoms with E-state index in [1.165, 1.54) is 7.11 Å². The number of para-hydroxylation sites is 1. The second-order valence-electron chi connectivity index (χ2n) is 7.90. The maximum absolute atomic E-state index is 14.0. The Kier molecular flexibility index (Phi) is 5.55. The van der Waals surface area contributed by atoms with Gasteiger partial charge in [0.2, 0.25) is 0 Å². The van der Waals surface area contributed by atoms with Crippen molar-refractivity contribution in [2.45, 2.75) is 6.54 Å². The SMILES string of the molecule is COC(=O)c1ccc(Cn2cnc3c2C(=O)N(c2ccccc2)c2cc(Cl)ccc2N3C)cc1. The third kappa shape index (κ3) is 3.70. The molecule has 7 nitrogen and oxygen atoms in total. The van der Waals surface area contributed by atoms with Crippen molar-refractivity contribution in [2.24, 2.45) is 0 Å². The Labute approximate surface area is 201 Å². The molecule has 0 saturated carbocycles. The highest BCUT2D eigenvalue weighted by Crippen LogP contribution is 2.43. The fourth-order valence-electron chi connectivity index (χ4n) is 4.14. The molecule has 2 heterocycles. The normalized spacial score (nSPS) is 12.7. The first-order chi connectivity index (χ1) is 16.5. The number of benzene rings is 3. The second kappa shape index (κ2) is 8.68. The molecule has 1 amide bonds. The Bertz CT molecular complexity index is 1380. The molecule has 0 spiro atoms. The smallest absolute Gasteiger partial charge is 0.337 e. The predicted octanol–water partition coefficient (Wildman–Crippen LogP) is 5.43. The van der Waals surface area contributed by atoms with Crippen LogP contribution in [0.1, 0.15) is 26.4 Å². The van der Waals surface area contributed by atoms with Crippen LogP contribution in [0.15, 0.2) is 79.1 Å². The van der Waals surface area contributed by atoms with Crippen molar-refractivity contribution in [2.75, 3.05) is 24.0 Å². The summed E-state index contributed by atoms with van der Waals surface area (Å²) in [6.45, 7) is 0.406. The Morgan fingerprint density at radius 2 is 1.74 bits per heavy atom. The van der Waals surface area contributed by atoms with Gasteiger partial charge in [-0.05, 0) is 48.0 Å². The van der Waals surface area contributed by atoms with Crippen LogP contribution in [0.4, 0.5) is 22.9 Å². The number of carbonyl (C=O) groups is 2. The molecular weight excluding hydrogens is 452 g/mol. The summed E-state index contributed by atoms with van der Waals surface area (Å²) in [5, 5.41) is 0.536. The first-order valence-electron chi connectivity index (χ1n) is 10.6. The zero-order chi connectivity index (χ0) is 23.8. The van der Waals surface area contributed by atoms with Crippen molar-refractivity contribution in [3.63, 3.8) is 0 Å². The van der Waals surface area contributed by atoms with Crippen LogP contribution in [0.2, 0.25) is 5.02 Å². The number of carbonyl (C=O) groups excluding carboxylic acids is 2. The summed E-state index contributed by atoms with van der Waals surface area (Å²) < 4.78 is 6.59. The second-order valence-corrected chi connectivity index (χ2v) is 8.34. The number of imidazole rings is 1. The standard InChI is InChI=1S/C26H21ClN4O3/c1-29-21-13-12-19(27)14-22(21)31(20-6-4-3-5-7-20)25(32)23-24(29)28-16-30(23)15-17-8-10-18(11-9-17)26(33)34-2/h3-14,16H,15H2,1-2H3. The topological polar surface area (TPSA) is 67.7 Å². The monoisotopic (exact) mass is 472 g/mol. The van der Waals surface area contributed by atoms with Gasteiger partial charge in [-0.3, -0.25) is 9.69 Å². The Balaban J connectivity index is 1.61. The van der Waals surface area contributed by atoms with Gasteiger partial charge in [-0.25, -0.2) is 9.78 Å². The van der Waals surface area contributed by atoms with E-state index in [1.54, 1.807) is 35.5 Å². The minimum atomic E-state index is -0.394. The molecule has 0 unspecified atom stereocenters. The molecule has 4 aromatic rings. The molecule has 0 bridgehead atoms. The Morgan fingerprint density at radius 1 is 1.00 bits per heavy atom. The number of fused-ring (bicyclic) bond motifs is 2. The Morgan fingerprint density at radius 3 is 2.44 bits per heavy atom. The minimum absolute atomic E-state index is 0.210. The summed E-state index contributed by atoms with van der Waals surface area (Å²) in [5.41, 5.74) is 4.06. The van der Waals surface area contributed by atoms with Gasteiger partial charge in [0.25, 0.3) is 5.91 Å². The summed E-state index contributed by atoms with van der Waals surface area (Å²) in [6.07, 6.45) is 1.66. The molecule has 1 aliphatic rings. The number of hydrogen-bond donors (Lipinski definition) is 0. The number of methoxy groups -OCH3 is 1. The number of esters is 1. The number of nitrogens with zero attached hydrogens (tertiary/aromatic N) is 4. The van der Waals surface area contributed by atoms with Gasteiger partial charge in [0.1, 0.15) is 0 Å². The fourth-order valence-corrected chi connectivity index (χ4v) is 4.30. The zero-order valence-corrected chi connectivity index (χ0v) is 19.4. The van der Waals surface area contributed by atoms with E-state index in [0.29, 0.717) is 34.3 Å². The average Bonchev–Trinajstić information content (AvgIpc) is 3.24. The van der Waals surface area contributed by atoms with E-state index >= 15 is 0 Å². The van der Waals surface area contributed by atoms with Crippen LogP contribution in [-0.4, -0.2) is 35.6 Å². The number of ether oxygens (including phenoxy) is 1. The minimum Gasteiger partial charge on any atom is -0.465 e. The number of halogens is 1. The van der Waals surface area contributed by atoms with Gasteiger partial charge in [0.15, 0.2) is 11.5 Å². The fraction of sp³-hybridized carbons (Fsp3) is 0.115. The number of amides is 1. The largest absolute Gasteiger partial charge is 0.465 e. The third-order valence-corrected chi connectivity index (χ3v) is 6.06. The highest BCUT2D eigenvalue weighted by Gasteiger charge is 2.34. The van der Waals surface area contributed by atoms with E-state index in [-0.39, 0.29) is 5.91 Å². The molecule has 0 N–H and O–H groups in total. The quantitative estimate of drug-likeness (QED) is 0.370. The first kappa shape index (κ1) is 21.7. The van der Waals surface area contributed by atoms with Gasteiger partial charge in [-0.15, -0.1) is 0 Å². The molecule has 170 valence electrons. The maximum Gasteiger partial charge on any atom is 0.337 e. The lowest BCUT2D eigenvalue weighted by Crippen LogP contribution is -2.27. The van der Waals surface area contributed by atoms with E-state index in [4.69, 9.17) is 16.3 Å². The van der Waals surface area contributed by atoms with Gasteiger partial charge in [-0.2, -0.15) is 0 Å². The lowest BCUT2D eigenvalue weighted by molar-refractivity contribution is 0.0600. The van der Waals surface area contributed by atoms with Crippen molar-refractivity contribution in [1.82, 2.24) is 9.55 Å². The summed E-state index contributed by atoms with van der Waals surface area (Å²) in [5.74, 6) is -0.0503. The first-order valence-corrected chi connectivity index (χ1v) is 11.0. The molecule has 0 radical (unpaired) electrons. The molecule has 0 saturated heterocycles. The van der Waals surface area contributed by atoms with E-state index in [1.807, 2.05) is 65.0 Å². The number of anilines is 4. The molecule has 34 heavy (non-hydrogen) atoms. The molecular formula is C26H21ClN4O3. The van der Waals surface area contributed by atoms with Crippen molar-refractivity contribution in [3.05, 3.63) is 101 Å². The summed E-state index contributed by atoms with van der Waals surface area (Å²) in [4.78, 5) is 34.0. The number of aromatic nitrogens is 2.